The summed E-state index contributed by atoms with van der Waals surface area (Å²) in [4.78, 5) is 14.5. The summed E-state index contributed by atoms with van der Waals surface area (Å²) >= 11 is 0. The molecule has 0 aliphatic heterocycles. The van der Waals surface area contributed by atoms with E-state index in [1.807, 2.05) is 13.0 Å². The summed E-state index contributed by atoms with van der Waals surface area (Å²) in [5.74, 6) is 0.667. The highest BCUT2D eigenvalue weighted by Crippen LogP contribution is 2.25. The van der Waals surface area contributed by atoms with Crippen LogP contribution in [-0.4, -0.2) is 16.5 Å². The molecule has 0 aliphatic rings. The average Bonchev–Trinajstić information content (AvgIpc) is 2.48. The Morgan fingerprint density at radius 3 is 2.60 bits per heavy atom. The molecule has 6 nitrogen and oxygen atoms in total. The molecule has 0 atom stereocenters. The Kier molecular flexibility index (Phi) is 4.27. The van der Waals surface area contributed by atoms with Crippen molar-refractivity contribution in [2.45, 2.75) is 13.5 Å². The third-order valence-corrected chi connectivity index (χ3v) is 2.84. The van der Waals surface area contributed by atoms with E-state index in [9.17, 15) is 10.1 Å². The van der Waals surface area contributed by atoms with Gasteiger partial charge < -0.3 is 10.5 Å². The summed E-state index contributed by atoms with van der Waals surface area (Å²) in [6, 6.07) is 8.08. The second-order valence-electron chi connectivity index (χ2n) is 4.12. The number of nitro groups is 1. The number of aromatic nitrogens is 1. The zero-order valence-electron chi connectivity index (χ0n) is 11.1. The molecule has 0 bridgehead atoms. The van der Waals surface area contributed by atoms with Crippen molar-refractivity contribution in [3.8, 4) is 17.0 Å². The monoisotopic (exact) mass is 273 g/mol. The number of non-ortho nitro benzene ring substituents is 1. The van der Waals surface area contributed by atoms with Crippen molar-refractivity contribution in [2.75, 3.05) is 6.61 Å². The number of benzene rings is 1. The SMILES string of the molecule is CCOc1cnc(-c2ccc([N+](=O)[O-])cc2)cc1CN. The minimum absolute atomic E-state index is 0.0544. The second kappa shape index (κ2) is 6.12. The fourth-order valence-electron chi connectivity index (χ4n) is 1.84. The summed E-state index contributed by atoms with van der Waals surface area (Å²) < 4.78 is 5.44. The first-order chi connectivity index (χ1) is 9.65. The second-order valence-corrected chi connectivity index (χ2v) is 4.12. The molecule has 1 aromatic carbocycles. The van der Waals surface area contributed by atoms with Crippen LogP contribution in [0.4, 0.5) is 5.69 Å². The first-order valence-corrected chi connectivity index (χ1v) is 6.22. The van der Waals surface area contributed by atoms with Crippen LogP contribution in [0.3, 0.4) is 0 Å². The molecule has 0 saturated carbocycles. The van der Waals surface area contributed by atoms with Gasteiger partial charge in [-0.25, -0.2) is 0 Å². The number of pyridine rings is 1. The molecular weight excluding hydrogens is 258 g/mol. The molecule has 0 fully saturated rings. The highest BCUT2D eigenvalue weighted by Gasteiger charge is 2.09. The number of nitrogens with two attached hydrogens (primary N) is 1. The number of hydrogen-bond acceptors (Lipinski definition) is 5. The molecule has 104 valence electrons. The zero-order valence-corrected chi connectivity index (χ0v) is 11.1. The van der Waals surface area contributed by atoms with E-state index in [-0.39, 0.29) is 5.69 Å². The van der Waals surface area contributed by atoms with Crippen LogP contribution in [0.2, 0.25) is 0 Å². The number of rotatable bonds is 5. The van der Waals surface area contributed by atoms with E-state index >= 15 is 0 Å². The molecule has 0 radical (unpaired) electrons. The molecule has 0 unspecified atom stereocenters. The van der Waals surface area contributed by atoms with E-state index in [1.54, 1.807) is 18.3 Å². The minimum atomic E-state index is -0.430. The van der Waals surface area contributed by atoms with Gasteiger partial charge in [0.15, 0.2) is 0 Å². The maximum absolute atomic E-state index is 10.6. The lowest BCUT2D eigenvalue weighted by Gasteiger charge is -2.10. The van der Waals surface area contributed by atoms with Gasteiger partial charge in [0.05, 0.1) is 23.4 Å². The molecule has 2 rings (SSSR count). The topological polar surface area (TPSA) is 91.3 Å². The minimum Gasteiger partial charge on any atom is -0.492 e. The van der Waals surface area contributed by atoms with E-state index < -0.39 is 4.92 Å². The molecule has 0 aliphatic carbocycles. The Morgan fingerprint density at radius 2 is 2.05 bits per heavy atom. The first kappa shape index (κ1) is 14.0. The predicted octanol–water partition coefficient (Wildman–Crippen LogP) is 2.51. The molecular formula is C14H15N3O3. The molecule has 1 aromatic heterocycles. The van der Waals surface area contributed by atoms with E-state index in [4.69, 9.17) is 10.5 Å². The molecule has 1 heterocycles. The number of hydrogen-bond donors (Lipinski definition) is 1. The fourth-order valence-corrected chi connectivity index (χ4v) is 1.84. The summed E-state index contributed by atoms with van der Waals surface area (Å²) in [5.41, 5.74) is 8.12. The molecule has 0 amide bonds. The lowest BCUT2D eigenvalue weighted by atomic mass is 10.1. The Balaban J connectivity index is 2.35. The van der Waals surface area contributed by atoms with Crippen LogP contribution in [0.1, 0.15) is 12.5 Å². The fraction of sp³-hybridized carbons (Fsp3) is 0.214. The molecule has 20 heavy (non-hydrogen) atoms. The summed E-state index contributed by atoms with van der Waals surface area (Å²) in [6.45, 7) is 2.79. The van der Waals surface area contributed by atoms with Crippen molar-refractivity contribution in [3.63, 3.8) is 0 Å². The smallest absolute Gasteiger partial charge is 0.269 e. The van der Waals surface area contributed by atoms with Crippen LogP contribution in [0.15, 0.2) is 36.5 Å². The summed E-state index contributed by atoms with van der Waals surface area (Å²) in [7, 11) is 0. The van der Waals surface area contributed by atoms with Crippen LogP contribution in [0.25, 0.3) is 11.3 Å². The van der Waals surface area contributed by atoms with Gasteiger partial charge in [-0.2, -0.15) is 0 Å². The maximum atomic E-state index is 10.6. The van der Waals surface area contributed by atoms with E-state index in [1.165, 1.54) is 12.1 Å². The Labute approximate surface area is 116 Å². The lowest BCUT2D eigenvalue weighted by Crippen LogP contribution is -2.03. The molecule has 6 heteroatoms. The zero-order chi connectivity index (χ0) is 14.5. The largest absolute Gasteiger partial charge is 0.492 e. The number of ether oxygens (including phenoxy) is 1. The third-order valence-electron chi connectivity index (χ3n) is 2.84. The van der Waals surface area contributed by atoms with Gasteiger partial charge in [0, 0.05) is 29.8 Å². The Morgan fingerprint density at radius 1 is 1.35 bits per heavy atom. The molecule has 0 saturated heterocycles. The van der Waals surface area contributed by atoms with Crippen molar-refractivity contribution < 1.29 is 9.66 Å². The van der Waals surface area contributed by atoms with Crippen LogP contribution < -0.4 is 10.5 Å². The van der Waals surface area contributed by atoms with Gasteiger partial charge >= 0.3 is 0 Å². The maximum Gasteiger partial charge on any atom is 0.269 e. The van der Waals surface area contributed by atoms with Crippen LogP contribution >= 0.6 is 0 Å². The standard InChI is InChI=1S/C14H15N3O3/c1-2-20-14-9-16-13(7-11(14)8-15)10-3-5-12(6-4-10)17(18)19/h3-7,9H,2,8,15H2,1H3. The van der Waals surface area contributed by atoms with Crippen molar-refractivity contribution in [3.05, 3.63) is 52.2 Å². The third kappa shape index (κ3) is 2.92. The average molecular weight is 273 g/mol. The van der Waals surface area contributed by atoms with Gasteiger partial charge in [-0.1, -0.05) is 0 Å². The highest BCUT2D eigenvalue weighted by molar-refractivity contribution is 5.62. The van der Waals surface area contributed by atoms with Gasteiger partial charge in [0.2, 0.25) is 0 Å². The van der Waals surface area contributed by atoms with Gasteiger partial charge in [-0.3, -0.25) is 15.1 Å². The highest BCUT2D eigenvalue weighted by atomic mass is 16.6. The quantitative estimate of drug-likeness (QED) is 0.667. The predicted molar refractivity (Wildman–Crippen MR) is 75.4 cm³/mol. The van der Waals surface area contributed by atoms with Crippen molar-refractivity contribution in [2.24, 2.45) is 5.73 Å². The van der Waals surface area contributed by atoms with Crippen molar-refractivity contribution in [1.82, 2.24) is 4.98 Å². The van der Waals surface area contributed by atoms with E-state index in [0.29, 0.717) is 24.6 Å². The van der Waals surface area contributed by atoms with Crippen LogP contribution in [0, 0.1) is 10.1 Å². The van der Waals surface area contributed by atoms with Crippen LogP contribution in [0.5, 0.6) is 5.75 Å². The first-order valence-electron chi connectivity index (χ1n) is 6.22. The van der Waals surface area contributed by atoms with Gasteiger partial charge in [0.25, 0.3) is 5.69 Å². The molecule has 0 spiro atoms. The van der Waals surface area contributed by atoms with Gasteiger partial charge in [-0.05, 0) is 25.1 Å². The lowest BCUT2D eigenvalue weighted by molar-refractivity contribution is -0.384. The number of nitro benzene ring substituents is 1. The summed E-state index contributed by atoms with van der Waals surface area (Å²) in [6.07, 6.45) is 1.63. The van der Waals surface area contributed by atoms with Gasteiger partial charge in [-0.15, -0.1) is 0 Å². The van der Waals surface area contributed by atoms with E-state index in [2.05, 4.69) is 4.98 Å². The van der Waals surface area contributed by atoms with Crippen molar-refractivity contribution >= 4 is 5.69 Å². The Hall–Kier alpha value is -2.47. The number of nitrogens with zero attached hydrogens (tertiary/aromatic N) is 2. The van der Waals surface area contributed by atoms with Crippen molar-refractivity contribution in [1.29, 1.82) is 0 Å². The molecule has 2 N–H and O–H groups in total. The van der Waals surface area contributed by atoms with Gasteiger partial charge in [0.1, 0.15) is 5.75 Å². The van der Waals surface area contributed by atoms with Crippen LogP contribution in [-0.2, 0) is 6.54 Å². The Bertz CT molecular complexity index is 612. The summed E-state index contributed by atoms with van der Waals surface area (Å²) in [5, 5.41) is 10.6. The van der Waals surface area contributed by atoms with E-state index in [0.717, 1.165) is 11.1 Å². The molecule has 2 aromatic rings. The normalized spacial score (nSPS) is 10.3.